The average molecular weight is 336 g/mol. The highest BCUT2D eigenvalue weighted by Gasteiger charge is 2.39. The smallest absolute Gasteiger partial charge is 0.253 e. The molecule has 2 amide bonds. The molecule has 130 valence electrons. The van der Waals surface area contributed by atoms with Crippen LogP contribution in [0, 0.1) is 17.7 Å². The second-order valence-electron chi connectivity index (χ2n) is 6.28. The summed E-state index contributed by atoms with van der Waals surface area (Å²) in [4.78, 5) is 24.4. The fourth-order valence-corrected chi connectivity index (χ4v) is 2.68. The number of hydrogen-bond acceptors (Lipinski definition) is 4. The Kier molecular flexibility index (Phi) is 5.11. The maximum Gasteiger partial charge on any atom is 0.253 e. The van der Waals surface area contributed by atoms with Crippen molar-refractivity contribution in [3.05, 3.63) is 29.6 Å². The van der Waals surface area contributed by atoms with Crippen molar-refractivity contribution in [1.82, 2.24) is 5.32 Å². The minimum absolute atomic E-state index is 0.0289. The lowest BCUT2D eigenvalue weighted by Crippen LogP contribution is -2.40. The summed E-state index contributed by atoms with van der Waals surface area (Å²) in [5.74, 6) is -0.796. The van der Waals surface area contributed by atoms with E-state index in [1.54, 1.807) is 0 Å². The fourth-order valence-electron chi connectivity index (χ4n) is 2.68. The zero-order valence-electron chi connectivity index (χ0n) is 13.5. The zero-order chi connectivity index (χ0) is 17.1. The fraction of sp³-hybridized carbons (Fsp3) is 0.529. The molecule has 2 N–H and O–H groups in total. The van der Waals surface area contributed by atoms with Gasteiger partial charge in [-0.25, -0.2) is 4.39 Å². The molecular formula is C17H21FN2O4. The van der Waals surface area contributed by atoms with Gasteiger partial charge in [-0.1, -0.05) is 6.92 Å². The van der Waals surface area contributed by atoms with Gasteiger partial charge in [-0.05, 0) is 30.5 Å². The van der Waals surface area contributed by atoms with Crippen LogP contribution in [0.2, 0.25) is 0 Å². The van der Waals surface area contributed by atoms with Crippen molar-refractivity contribution in [3.8, 4) is 0 Å². The van der Waals surface area contributed by atoms with Crippen LogP contribution < -0.4 is 10.6 Å². The summed E-state index contributed by atoms with van der Waals surface area (Å²) in [6, 6.07) is 3.76. The van der Waals surface area contributed by atoms with E-state index in [-0.39, 0.29) is 30.0 Å². The first-order valence-corrected chi connectivity index (χ1v) is 8.12. The Bertz CT molecular complexity index is 631. The Morgan fingerprint density at radius 3 is 2.79 bits per heavy atom. The lowest BCUT2D eigenvalue weighted by molar-refractivity contribution is -0.117. The number of nitrogens with one attached hydrogen (secondary N) is 2. The Balaban J connectivity index is 1.65. The van der Waals surface area contributed by atoms with Crippen molar-refractivity contribution in [2.75, 3.05) is 31.7 Å². The van der Waals surface area contributed by atoms with Crippen LogP contribution in [0.25, 0.3) is 0 Å². The topological polar surface area (TPSA) is 76.7 Å². The molecule has 0 aromatic heterocycles. The van der Waals surface area contributed by atoms with Gasteiger partial charge in [0, 0.05) is 12.5 Å². The largest absolute Gasteiger partial charge is 0.376 e. The zero-order valence-corrected chi connectivity index (χ0v) is 13.5. The van der Waals surface area contributed by atoms with Gasteiger partial charge in [0.25, 0.3) is 5.91 Å². The molecule has 2 aliphatic rings. The maximum atomic E-state index is 13.5. The number of rotatable bonds is 5. The monoisotopic (exact) mass is 336 g/mol. The van der Waals surface area contributed by atoms with Gasteiger partial charge in [-0.15, -0.1) is 0 Å². The number of benzene rings is 1. The van der Waals surface area contributed by atoms with Crippen molar-refractivity contribution >= 4 is 17.5 Å². The molecule has 0 bridgehead atoms. The number of amides is 2. The molecule has 1 saturated heterocycles. The molecule has 3 atom stereocenters. The number of carbonyl (C=O) groups is 2. The third-order valence-corrected chi connectivity index (χ3v) is 4.31. The van der Waals surface area contributed by atoms with Crippen LogP contribution in [-0.4, -0.2) is 44.3 Å². The van der Waals surface area contributed by atoms with Crippen molar-refractivity contribution in [2.24, 2.45) is 11.8 Å². The molecule has 0 spiro atoms. The van der Waals surface area contributed by atoms with Crippen LogP contribution in [0.1, 0.15) is 23.7 Å². The number of carbonyl (C=O) groups excluding carboxylic acids is 2. The third kappa shape index (κ3) is 4.10. The summed E-state index contributed by atoms with van der Waals surface area (Å²) >= 11 is 0. The van der Waals surface area contributed by atoms with Crippen LogP contribution in [0.4, 0.5) is 10.1 Å². The van der Waals surface area contributed by atoms with Gasteiger partial charge >= 0.3 is 0 Å². The molecule has 7 heteroatoms. The normalized spacial score (nSPS) is 25.8. The predicted molar refractivity (Wildman–Crippen MR) is 85.2 cm³/mol. The molecule has 1 saturated carbocycles. The van der Waals surface area contributed by atoms with Gasteiger partial charge < -0.3 is 20.1 Å². The number of anilines is 1. The van der Waals surface area contributed by atoms with Crippen LogP contribution in [-0.2, 0) is 14.3 Å². The highest BCUT2D eigenvalue weighted by atomic mass is 19.1. The summed E-state index contributed by atoms with van der Waals surface area (Å²) in [6.45, 7) is 3.70. The first-order valence-electron chi connectivity index (χ1n) is 8.12. The Labute approximate surface area is 139 Å². The minimum atomic E-state index is -0.532. The lowest BCUT2D eigenvalue weighted by atomic mass is 10.1. The van der Waals surface area contributed by atoms with Crippen molar-refractivity contribution in [1.29, 1.82) is 0 Å². The van der Waals surface area contributed by atoms with Crippen molar-refractivity contribution in [3.63, 3.8) is 0 Å². The summed E-state index contributed by atoms with van der Waals surface area (Å²) in [5.41, 5.74) is 0.423. The Morgan fingerprint density at radius 1 is 1.33 bits per heavy atom. The van der Waals surface area contributed by atoms with Crippen LogP contribution in [0.15, 0.2) is 18.2 Å². The molecule has 1 aliphatic carbocycles. The summed E-state index contributed by atoms with van der Waals surface area (Å²) < 4.78 is 24.3. The minimum Gasteiger partial charge on any atom is -0.376 e. The molecule has 1 aromatic carbocycles. The predicted octanol–water partition coefficient (Wildman–Crippen LogP) is 1.57. The molecule has 2 fully saturated rings. The van der Waals surface area contributed by atoms with Gasteiger partial charge in [0.05, 0.1) is 37.2 Å². The molecule has 1 heterocycles. The van der Waals surface area contributed by atoms with E-state index in [9.17, 15) is 14.0 Å². The SMILES string of the molecule is C[C@@H]1C[C@@H]1C(=O)Nc1ccc(F)cc1C(=O)NC[C@@H]1COCCO1. The maximum absolute atomic E-state index is 13.5. The average Bonchev–Trinajstić information content (AvgIpc) is 3.32. The number of ether oxygens (including phenoxy) is 2. The van der Waals surface area contributed by atoms with E-state index < -0.39 is 11.7 Å². The van der Waals surface area contributed by atoms with E-state index in [0.29, 0.717) is 31.4 Å². The number of hydrogen-bond donors (Lipinski definition) is 2. The van der Waals surface area contributed by atoms with Gasteiger partial charge in [0.2, 0.25) is 5.91 Å². The first kappa shape index (κ1) is 16.9. The lowest BCUT2D eigenvalue weighted by Gasteiger charge is -2.23. The van der Waals surface area contributed by atoms with Gasteiger partial charge in [0.15, 0.2) is 0 Å². The highest BCUT2D eigenvalue weighted by Crippen LogP contribution is 2.38. The van der Waals surface area contributed by atoms with Crippen molar-refractivity contribution < 1.29 is 23.5 Å². The van der Waals surface area contributed by atoms with Crippen molar-refractivity contribution in [2.45, 2.75) is 19.4 Å². The Morgan fingerprint density at radius 2 is 2.12 bits per heavy atom. The van der Waals surface area contributed by atoms with Crippen LogP contribution >= 0.6 is 0 Å². The molecule has 1 aliphatic heterocycles. The second-order valence-corrected chi connectivity index (χ2v) is 6.28. The molecule has 1 aromatic rings. The van der Waals surface area contributed by atoms with Crippen LogP contribution in [0.5, 0.6) is 0 Å². The second kappa shape index (κ2) is 7.27. The molecule has 24 heavy (non-hydrogen) atoms. The van der Waals surface area contributed by atoms with E-state index in [2.05, 4.69) is 10.6 Å². The van der Waals surface area contributed by atoms with E-state index in [0.717, 1.165) is 12.5 Å². The molecule has 0 radical (unpaired) electrons. The summed E-state index contributed by atoms with van der Waals surface area (Å²) in [7, 11) is 0. The summed E-state index contributed by atoms with van der Waals surface area (Å²) in [5, 5.41) is 5.43. The standard InChI is InChI=1S/C17H21FN2O4/c1-10-6-13(10)17(22)20-15-3-2-11(18)7-14(15)16(21)19-8-12-9-23-4-5-24-12/h2-3,7,10,12-13H,4-6,8-9H2,1H3,(H,19,21)(H,20,22)/t10-,12-,13+/m1/s1. The first-order chi connectivity index (χ1) is 11.5. The van der Waals surface area contributed by atoms with E-state index in [1.165, 1.54) is 12.1 Å². The van der Waals surface area contributed by atoms with Crippen LogP contribution in [0.3, 0.4) is 0 Å². The molecular weight excluding hydrogens is 315 g/mol. The number of halogens is 1. The van der Waals surface area contributed by atoms with E-state index in [1.807, 2.05) is 6.92 Å². The third-order valence-electron chi connectivity index (χ3n) is 4.31. The highest BCUT2D eigenvalue weighted by molar-refractivity contribution is 6.04. The van der Waals surface area contributed by atoms with Gasteiger partial charge in [-0.3, -0.25) is 9.59 Å². The quantitative estimate of drug-likeness (QED) is 0.856. The van der Waals surface area contributed by atoms with Gasteiger partial charge in [0.1, 0.15) is 5.82 Å². The molecule has 6 nitrogen and oxygen atoms in total. The van der Waals surface area contributed by atoms with E-state index >= 15 is 0 Å². The molecule has 0 unspecified atom stereocenters. The van der Waals surface area contributed by atoms with Gasteiger partial charge in [-0.2, -0.15) is 0 Å². The summed E-state index contributed by atoms with van der Waals surface area (Å²) in [6.07, 6.45) is 0.620. The van der Waals surface area contributed by atoms with E-state index in [4.69, 9.17) is 9.47 Å². The Hall–Kier alpha value is -1.99. The molecule has 3 rings (SSSR count).